The molecule has 208 valence electrons. The van der Waals surface area contributed by atoms with Gasteiger partial charge in [0, 0.05) is 21.9 Å². The van der Waals surface area contributed by atoms with Gasteiger partial charge in [0.25, 0.3) is 0 Å². The Hall–Kier alpha value is -5.14. The normalized spacial score (nSPS) is 11.6. The van der Waals surface area contributed by atoms with E-state index in [0.29, 0.717) is 0 Å². The molecular formula is C42H34O. The minimum Gasteiger partial charge on any atom is -0.455 e. The van der Waals surface area contributed by atoms with Crippen LogP contribution in [0.15, 0.2) is 156 Å². The first-order valence-electron chi connectivity index (χ1n) is 14.9. The number of rotatable bonds is 5. The maximum absolute atomic E-state index is 7.15. The fourth-order valence-electron chi connectivity index (χ4n) is 6.04. The van der Waals surface area contributed by atoms with Crippen molar-refractivity contribution < 1.29 is 4.42 Å². The smallest absolute Gasteiger partial charge is 0.143 e. The van der Waals surface area contributed by atoms with Gasteiger partial charge in [-0.3, -0.25) is 0 Å². The number of benzene rings is 6. The van der Waals surface area contributed by atoms with Gasteiger partial charge in [-0.05, 0) is 56.5 Å². The molecule has 0 bridgehead atoms. The Morgan fingerprint density at radius 2 is 0.791 bits per heavy atom. The van der Waals surface area contributed by atoms with Crippen molar-refractivity contribution in [1.29, 1.82) is 0 Å². The molecule has 1 aromatic heterocycles. The highest BCUT2D eigenvalue weighted by Crippen LogP contribution is 2.49. The van der Waals surface area contributed by atoms with Crippen molar-refractivity contribution in [2.75, 3.05) is 0 Å². The third-order valence-corrected chi connectivity index (χ3v) is 8.28. The molecule has 0 aliphatic rings. The van der Waals surface area contributed by atoms with Gasteiger partial charge in [0.05, 0.1) is 0 Å². The average Bonchev–Trinajstić information content (AvgIpc) is 3.44. The van der Waals surface area contributed by atoms with Crippen LogP contribution in [0.2, 0.25) is 0 Å². The SMILES string of the molecule is CC(C)(C)c1cc(-c2ccccc2)c(-c2oc(-c3ccccc3-c3ccccc3)c3ccccc23)c(-c2ccccc2)c1. The van der Waals surface area contributed by atoms with Crippen molar-refractivity contribution in [2.24, 2.45) is 0 Å². The number of fused-ring (bicyclic) bond motifs is 1. The largest absolute Gasteiger partial charge is 0.455 e. The van der Waals surface area contributed by atoms with Crippen LogP contribution in [0, 0.1) is 0 Å². The summed E-state index contributed by atoms with van der Waals surface area (Å²) in [6.45, 7) is 6.85. The maximum atomic E-state index is 7.15. The van der Waals surface area contributed by atoms with E-state index in [-0.39, 0.29) is 5.41 Å². The molecule has 0 N–H and O–H groups in total. The Kier molecular flexibility index (Phi) is 6.80. The second kappa shape index (κ2) is 10.9. The van der Waals surface area contributed by atoms with Crippen LogP contribution in [0.4, 0.5) is 0 Å². The van der Waals surface area contributed by atoms with E-state index >= 15 is 0 Å². The summed E-state index contributed by atoms with van der Waals surface area (Å²) in [6.07, 6.45) is 0. The molecule has 1 heteroatoms. The highest BCUT2D eigenvalue weighted by Gasteiger charge is 2.26. The van der Waals surface area contributed by atoms with E-state index in [1.54, 1.807) is 0 Å². The third kappa shape index (κ3) is 4.98. The van der Waals surface area contributed by atoms with E-state index in [0.717, 1.165) is 39.0 Å². The Morgan fingerprint density at radius 3 is 1.28 bits per heavy atom. The third-order valence-electron chi connectivity index (χ3n) is 8.28. The molecule has 7 rings (SSSR count). The highest BCUT2D eigenvalue weighted by molar-refractivity contribution is 6.09. The van der Waals surface area contributed by atoms with Crippen LogP contribution in [0.1, 0.15) is 26.3 Å². The first kappa shape index (κ1) is 26.7. The molecule has 0 atom stereocenters. The summed E-state index contributed by atoms with van der Waals surface area (Å²) in [4.78, 5) is 0. The topological polar surface area (TPSA) is 13.1 Å². The summed E-state index contributed by atoms with van der Waals surface area (Å²) in [6, 6.07) is 53.9. The number of hydrogen-bond donors (Lipinski definition) is 0. The van der Waals surface area contributed by atoms with Crippen molar-refractivity contribution in [3.05, 3.63) is 157 Å². The fourth-order valence-corrected chi connectivity index (χ4v) is 6.04. The van der Waals surface area contributed by atoms with Gasteiger partial charge in [0.1, 0.15) is 11.5 Å². The molecule has 43 heavy (non-hydrogen) atoms. The zero-order chi connectivity index (χ0) is 29.4. The van der Waals surface area contributed by atoms with Crippen molar-refractivity contribution in [3.8, 4) is 56.0 Å². The fraction of sp³-hybridized carbons (Fsp3) is 0.0952. The van der Waals surface area contributed by atoms with Gasteiger partial charge in [-0.2, -0.15) is 0 Å². The average molecular weight is 555 g/mol. The molecule has 0 aliphatic carbocycles. The summed E-state index contributed by atoms with van der Waals surface area (Å²) < 4.78 is 7.15. The van der Waals surface area contributed by atoms with E-state index in [1.165, 1.54) is 33.4 Å². The maximum Gasteiger partial charge on any atom is 0.143 e. The summed E-state index contributed by atoms with van der Waals surface area (Å²) in [5.74, 6) is 1.79. The minimum atomic E-state index is -0.0311. The predicted octanol–water partition coefficient (Wildman–Crippen LogP) is 12.1. The summed E-state index contributed by atoms with van der Waals surface area (Å²) >= 11 is 0. The van der Waals surface area contributed by atoms with E-state index in [4.69, 9.17) is 4.42 Å². The second-order valence-electron chi connectivity index (χ2n) is 12.1. The predicted molar refractivity (Wildman–Crippen MR) is 182 cm³/mol. The Balaban J connectivity index is 1.59. The molecule has 0 spiro atoms. The van der Waals surface area contributed by atoms with Crippen LogP contribution >= 0.6 is 0 Å². The lowest BCUT2D eigenvalue weighted by Gasteiger charge is -2.24. The Labute approximate surface area is 254 Å². The van der Waals surface area contributed by atoms with E-state index in [9.17, 15) is 0 Å². The molecule has 1 heterocycles. The lowest BCUT2D eigenvalue weighted by Crippen LogP contribution is -2.12. The van der Waals surface area contributed by atoms with Gasteiger partial charge in [0.15, 0.2) is 0 Å². The Bertz CT molecular complexity index is 1960. The molecule has 6 aromatic carbocycles. The molecular weight excluding hydrogens is 520 g/mol. The highest BCUT2D eigenvalue weighted by atomic mass is 16.3. The van der Waals surface area contributed by atoms with Gasteiger partial charge < -0.3 is 4.42 Å². The van der Waals surface area contributed by atoms with Crippen LogP contribution in [-0.4, -0.2) is 0 Å². The molecule has 0 saturated carbocycles. The number of furan rings is 1. The van der Waals surface area contributed by atoms with Gasteiger partial charge in [-0.1, -0.05) is 160 Å². The molecule has 0 aliphatic heterocycles. The van der Waals surface area contributed by atoms with Crippen LogP contribution in [0.5, 0.6) is 0 Å². The standard InChI is InChI=1S/C42H34O/c1-42(2,3)32-27-37(30-19-9-5-10-20-30)39(38(28-32)31-21-11-6-12-22-31)41-36-26-16-15-25-35(36)40(43-41)34-24-14-13-23-33(34)29-17-7-4-8-18-29/h4-28H,1-3H3. The first-order valence-corrected chi connectivity index (χ1v) is 14.9. The quantitative estimate of drug-likeness (QED) is 0.206. The van der Waals surface area contributed by atoms with Crippen LogP contribution in [0.25, 0.3) is 66.8 Å². The molecule has 0 saturated heterocycles. The molecule has 0 radical (unpaired) electrons. The monoisotopic (exact) mass is 554 g/mol. The van der Waals surface area contributed by atoms with Crippen LogP contribution in [0.3, 0.4) is 0 Å². The zero-order valence-corrected chi connectivity index (χ0v) is 24.8. The summed E-state index contributed by atoms with van der Waals surface area (Å²) in [5.41, 5.74) is 10.5. The first-order chi connectivity index (χ1) is 21.0. The van der Waals surface area contributed by atoms with Crippen LogP contribution < -0.4 is 0 Å². The van der Waals surface area contributed by atoms with E-state index in [1.807, 2.05) is 0 Å². The lowest BCUT2D eigenvalue weighted by molar-refractivity contribution is 0.589. The molecule has 7 aromatic rings. The summed E-state index contributed by atoms with van der Waals surface area (Å²) in [5, 5.41) is 2.22. The van der Waals surface area contributed by atoms with Crippen molar-refractivity contribution in [2.45, 2.75) is 26.2 Å². The Morgan fingerprint density at radius 1 is 0.395 bits per heavy atom. The zero-order valence-electron chi connectivity index (χ0n) is 24.8. The van der Waals surface area contributed by atoms with Crippen molar-refractivity contribution in [3.63, 3.8) is 0 Å². The van der Waals surface area contributed by atoms with Gasteiger partial charge >= 0.3 is 0 Å². The van der Waals surface area contributed by atoms with Crippen molar-refractivity contribution >= 4 is 10.8 Å². The van der Waals surface area contributed by atoms with E-state index < -0.39 is 0 Å². The number of hydrogen-bond acceptors (Lipinski definition) is 1. The summed E-state index contributed by atoms with van der Waals surface area (Å²) in [7, 11) is 0. The second-order valence-corrected chi connectivity index (χ2v) is 12.1. The van der Waals surface area contributed by atoms with Gasteiger partial charge in [-0.15, -0.1) is 0 Å². The van der Waals surface area contributed by atoms with E-state index in [2.05, 4.69) is 172 Å². The van der Waals surface area contributed by atoms with Crippen molar-refractivity contribution in [1.82, 2.24) is 0 Å². The molecule has 0 fully saturated rings. The van der Waals surface area contributed by atoms with Gasteiger partial charge in [0.2, 0.25) is 0 Å². The molecule has 0 unspecified atom stereocenters. The van der Waals surface area contributed by atoms with Crippen LogP contribution in [-0.2, 0) is 5.41 Å². The van der Waals surface area contributed by atoms with Gasteiger partial charge in [-0.25, -0.2) is 0 Å². The molecule has 0 amide bonds. The minimum absolute atomic E-state index is 0.0311. The lowest BCUT2D eigenvalue weighted by atomic mass is 9.80. The molecule has 1 nitrogen and oxygen atoms in total.